The summed E-state index contributed by atoms with van der Waals surface area (Å²) in [6.45, 7) is 0. The van der Waals surface area contributed by atoms with Crippen LogP contribution in [0.2, 0.25) is 0 Å². The van der Waals surface area contributed by atoms with Gasteiger partial charge >= 0.3 is 0 Å². The van der Waals surface area contributed by atoms with Gasteiger partial charge in [0.25, 0.3) is 0 Å². The zero-order valence-electron chi connectivity index (χ0n) is 16.4. The van der Waals surface area contributed by atoms with Crippen LogP contribution in [0.4, 0.5) is 0 Å². The highest BCUT2D eigenvalue weighted by Crippen LogP contribution is 2.61. The Morgan fingerprint density at radius 1 is 1.07 bits per heavy atom. The van der Waals surface area contributed by atoms with Gasteiger partial charge < -0.3 is 4.42 Å². The zero-order valence-corrected chi connectivity index (χ0v) is 18.0. The Kier molecular flexibility index (Phi) is 4.06. The molecule has 1 aliphatic heterocycles. The number of amides is 1. The predicted octanol–water partition coefficient (Wildman–Crippen LogP) is 5.94. The lowest BCUT2D eigenvalue weighted by Gasteiger charge is -2.56. The molecular weight excluding hydrogens is 428 g/mol. The average molecular weight is 453 g/mol. The number of carbonyl (C=O) groups is 1. The first-order valence-corrected chi connectivity index (χ1v) is 11.6. The summed E-state index contributed by atoms with van der Waals surface area (Å²) in [5, 5.41) is 6.69. The number of hydrogen-bond donors (Lipinski definition) is 0. The third-order valence-electron chi connectivity index (χ3n) is 7.65. The minimum Gasteiger partial charge on any atom is -0.463 e. The van der Waals surface area contributed by atoms with Crippen molar-refractivity contribution in [2.45, 2.75) is 51.0 Å². The molecule has 1 atom stereocenters. The third-order valence-corrected chi connectivity index (χ3v) is 8.14. The molecule has 2 aromatic rings. The fourth-order valence-corrected chi connectivity index (χ4v) is 7.30. The van der Waals surface area contributed by atoms with Crippen LogP contribution in [0.1, 0.15) is 62.3 Å². The van der Waals surface area contributed by atoms with Crippen LogP contribution in [-0.4, -0.2) is 16.6 Å². The zero-order chi connectivity index (χ0) is 19.6. The van der Waals surface area contributed by atoms with Crippen molar-refractivity contribution in [1.29, 1.82) is 0 Å². The van der Waals surface area contributed by atoms with Gasteiger partial charge in [0, 0.05) is 10.9 Å². The smallest absolute Gasteiger partial charge is 0.249 e. The molecule has 7 rings (SSSR count). The van der Waals surface area contributed by atoms with Crippen molar-refractivity contribution in [3.05, 3.63) is 58.5 Å². The molecule has 1 aromatic heterocycles. The van der Waals surface area contributed by atoms with E-state index in [0.717, 1.165) is 58.5 Å². The molecule has 0 radical (unpaired) electrons. The van der Waals surface area contributed by atoms with Crippen molar-refractivity contribution in [1.82, 2.24) is 5.01 Å². The van der Waals surface area contributed by atoms with E-state index < -0.39 is 0 Å². The molecule has 1 aromatic carbocycles. The summed E-state index contributed by atoms with van der Waals surface area (Å²) in [6.07, 6.45) is 9.56. The van der Waals surface area contributed by atoms with Crippen LogP contribution in [-0.2, 0) is 4.79 Å². The first-order chi connectivity index (χ1) is 14.1. The van der Waals surface area contributed by atoms with Gasteiger partial charge in [-0.05, 0) is 86.1 Å². The lowest BCUT2D eigenvalue weighted by atomic mass is 9.49. The average Bonchev–Trinajstić information content (AvgIpc) is 3.36. The van der Waals surface area contributed by atoms with Crippen LogP contribution in [0.5, 0.6) is 0 Å². The highest BCUT2D eigenvalue weighted by Gasteiger charge is 2.57. The number of nitrogens with zero attached hydrogens (tertiary/aromatic N) is 2. The molecule has 2 heterocycles. The van der Waals surface area contributed by atoms with E-state index in [4.69, 9.17) is 9.52 Å². The second kappa shape index (κ2) is 6.56. The number of hydrogen-bond acceptors (Lipinski definition) is 3. The standard InChI is InChI=1S/C24H25BrN2O2/c25-19-4-1-3-18(10-19)21-11-20(22-5-2-6-29-22)26-27(21)23(28)24-12-15-7-16(13-24)9-17(8-15)14-24/h1-6,10,15-17,21H,7-9,11-14H2/t15?,16?,17?,21-,24?/m1/s1. The van der Waals surface area contributed by atoms with Crippen LogP contribution < -0.4 is 0 Å². The Balaban J connectivity index is 1.38. The van der Waals surface area contributed by atoms with E-state index in [1.165, 1.54) is 19.3 Å². The van der Waals surface area contributed by atoms with Gasteiger partial charge in [-0.15, -0.1) is 0 Å². The summed E-state index contributed by atoms with van der Waals surface area (Å²) < 4.78 is 6.66. The fraction of sp³-hybridized carbons (Fsp3) is 0.500. The Morgan fingerprint density at radius 2 is 1.79 bits per heavy atom. The topological polar surface area (TPSA) is 45.8 Å². The maximum Gasteiger partial charge on any atom is 0.249 e. The Bertz CT molecular complexity index is 945. The molecule has 0 spiro atoms. The number of furan rings is 1. The van der Waals surface area contributed by atoms with Gasteiger partial charge in [-0.2, -0.15) is 5.10 Å². The molecule has 150 valence electrons. The minimum atomic E-state index is -0.193. The van der Waals surface area contributed by atoms with E-state index in [2.05, 4.69) is 28.1 Å². The number of hydrazone groups is 1. The van der Waals surface area contributed by atoms with Crippen LogP contribution >= 0.6 is 15.9 Å². The maximum atomic E-state index is 14.1. The molecule has 0 N–H and O–H groups in total. The molecule has 1 amide bonds. The van der Waals surface area contributed by atoms with Crippen molar-refractivity contribution in [3.8, 4) is 0 Å². The molecular formula is C24H25BrN2O2. The van der Waals surface area contributed by atoms with Gasteiger partial charge in [0.2, 0.25) is 5.91 Å². The van der Waals surface area contributed by atoms with E-state index in [0.29, 0.717) is 6.42 Å². The molecule has 0 saturated heterocycles. The lowest BCUT2D eigenvalue weighted by molar-refractivity contribution is -0.159. The van der Waals surface area contributed by atoms with E-state index >= 15 is 0 Å². The number of halogens is 1. The van der Waals surface area contributed by atoms with Crippen LogP contribution in [0.15, 0.2) is 56.7 Å². The van der Waals surface area contributed by atoms with Crippen molar-refractivity contribution in [2.24, 2.45) is 28.3 Å². The first kappa shape index (κ1) is 17.9. The molecule has 4 bridgehead atoms. The quantitative estimate of drug-likeness (QED) is 0.578. The highest BCUT2D eigenvalue weighted by atomic mass is 79.9. The van der Waals surface area contributed by atoms with Gasteiger partial charge in [-0.1, -0.05) is 28.1 Å². The van der Waals surface area contributed by atoms with Crippen LogP contribution in [0.3, 0.4) is 0 Å². The van der Waals surface area contributed by atoms with Gasteiger partial charge in [-0.25, -0.2) is 5.01 Å². The molecule has 4 aliphatic carbocycles. The Hall–Kier alpha value is -1.88. The van der Waals surface area contributed by atoms with Gasteiger partial charge in [0.1, 0.15) is 11.5 Å². The summed E-state index contributed by atoms with van der Waals surface area (Å²) in [5.74, 6) is 3.25. The Morgan fingerprint density at radius 3 is 2.41 bits per heavy atom. The molecule has 4 fully saturated rings. The lowest BCUT2D eigenvalue weighted by Crippen LogP contribution is -2.53. The monoisotopic (exact) mass is 452 g/mol. The van der Waals surface area contributed by atoms with Gasteiger partial charge in [0.05, 0.1) is 17.7 Å². The Labute approximate surface area is 179 Å². The van der Waals surface area contributed by atoms with Crippen molar-refractivity contribution in [2.75, 3.05) is 0 Å². The van der Waals surface area contributed by atoms with Gasteiger partial charge in [-0.3, -0.25) is 4.79 Å². The predicted molar refractivity (Wildman–Crippen MR) is 114 cm³/mol. The van der Waals surface area contributed by atoms with Crippen molar-refractivity contribution >= 4 is 27.5 Å². The SMILES string of the molecule is O=C(N1N=C(c2ccco2)C[C@@H]1c1cccc(Br)c1)C12CC3CC(CC(C3)C1)C2. The second-order valence-electron chi connectivity index (χ2n) is 9.65. The van der Waals surface area contributed by atoms with E-state index in [1.807, 2.05) is 29.3 Å². The summed E-state index contributed by atoms with van der Waals surface area (Å²) in [7, 11) is 0. The highest BCUT2D eigenvalue weighted by molar-refractivity contribution is 9.10. The number of benzene rings is 1. The van der Waals surface area contributed by atoms with Crippen LogP contribution in [0, 0.1) is 23.2 Å². The molecule has 0 unspecified atom stereocenters. The first-order valence-electron chi connectivity index (χ1n) is 10.8. The van der Waals surface area contributed by atoms with E-state index in [-0.39, 0.29) is 17.4 Å². The normalized spacial score (nSPS) is 35.2. The van der Waals surface area contributed by atoms with Crippen molar-refractivity contribution < 1.29 is 9.21 Å². The number of carbonyl (C=O) groups excluding carboxylic acids is 1. The van der Waals surface area contributed by atoms with Crippen LogP contribution in [0.25, 0.3) is 0 Å². The summed E-state index contributed by atoms with van der Waals surface area (Å²) in [6, 6.07) is 12.1. The van der Waals surface area contributed by atoms with Gasteiger partial charge in [0.15, 0.2) is 0 Å². The second-order valence-corrected chi connectivity index (χ2v) is 10.6. The summed E-state index contributed by atoms with van der Waals surface area (Å²) >= 11 is 3.59. The molecule has 5 aliphatic rings. The molecule has 5 heteroatoms. The maximum absolute atomic E-state index is 14.1. The van der Waals surface area contributed by atoms with E-state index in [1.54, 1.807) is 6.26 Å². The van der Waals surface area contributed by atoms with E-state index in [9.17, 15) is 4.79 Å². The number of rotatable bonds is 3. The third kappa shape index (κ3) is 2.92. The molecule has 29 heavy (non-hydrogen) atoms. The largest absolute Gasteiger partial charge is 0.463 e. The molecule has 4 saturated carbocycles. The minimum absolute atomic E-state index is 0.0619. The summed E-state index contributed by atoms with van der Waals surface area (Å²) in [4.78, 5) is 14.1. The molecule has 4 nitrogen and oxygen atoms in total. The summed E-state index contributed by atoms with van der Waals surface area (Å²) in [5.41, 5.74) is 1.81. The fourth-order valence-electron chi connectivity index (χ4n) is 6.88. The van der Waals surface area contributed by atoms with Crippen molar-refractivity contribution in [3.63, 3.8) is 0 Å².